The zero-order valence-electron chi connectivity index (χ0n) is 20.3. The molecule has 10 nitrogen and oxygen atoms in total. The van der Waals surface area contributed by atoms with Crippen molar-refractivity contribution in [3.8, 4) is 17.1 Å². The Balaban J connectivity index is 1.29. The van der Waals surface area contributed by atoms with E-state index in [0.717, 1.165) is 47.9 Å². The molecule has 0 aliphatic carbocycles. The number of methoxy groups -OCH3 is 1. The van der Waals surface area contributed by atoms with Crippen molar-refractivity contribution in [2.45, 2.75) is 44.7 Å². The highest BCUT2D eigenvalue weighted by Gasteiger charge is 2.49. The zero-order chi connectivity index (χ0) is 25.3. The van der Waals surface area contributed by atoms with Gasteiger partial charge in [-0.1, -0.05) is 30.7 Å². The lowest BCUT2D eigenvalue weighted by Gasteiger charge is -2.22. The second-order valence-electron chi connectivity index (χ2n) is 9.21. The van der Waals surface area contributed by atoms with Crippen molar-refractivity contribution in [3.05, 3.63) is 59.9 Å². The number of nitrogens with one attached hydrogen (secondary N) is 2. The molecule has 1 unspecified atom stereocenters. The molecule has 1 saturated heterocycles. The number of ether oxygens (including phenoxy) is 1. The first-order valence-corrected chi connectivity index (χ1v) is 12.0. The van der Waals surface area contributed by atoms with E-state index in [2.05, 4.69) is 25.4 Å². The first-order valence-electron chi connectivity index (χ1n) is 12.0. The second kappa shape index (κ2) is 9.44. The fourth-order valence-corrected chi connectivity index (χ4v) is 4.74. The average Bonchev–Trinajstić information content (AvgIpc) is 3.26. The SMILES string of the molecule is COc1ccc(C2(C)NC(=O)N(CC(=O)Nc3cccc(-c4nnc5n4CCCCC5)c3)C2=O)cc1. The molecule has 3 aromatic rings. The smallest absolute Gasteiger partial charge is 0.325 e. The standard InChI is InChI=1S/C26H28N6O4/c1-26(18-10-12-20(36-2)13-11-18)24(34)32(25(35)28-26)16-22(33)27-19-8-6-7-17(15-19)23-30-29-21-9-4-3-5-14-31(21)23/h6-8,10-13,15H,3-5,9,14,16H2,1-2H3,(H,27,33)(H,28,35). The van der Waals surface area contributed by atoms with Gasteiger partial charge in [-0.05, 0) is 49.6 Å². The molecule has 0 bridgehead atoms. The van der Waals surface area contributed by atoms with Gasteiger partial charge in [-0.2, -0.15) is 0 Å². The Bertz CT molecular complexity index is 1320. The van der Waals surface area contributed by atoms with Crippen LogP contribution in [0.15, 0.2) is 48.5 Å². The third-order valence-corrected chi connectivity index (χ3v) is 6.76. The van der Waals surface area contributed by atoms with Gasteiger partial charge in [0.15, 0.2) is 5.82 Å². The van der Waals surface area contributed by atoms with Gasteiger partial charge in [0.05, 0.1) is 7.11 Å². The number of urea groups is 1. The first kappa shape index (κ1) is 23.5. The van der Waals surface area contributed by atoms with Gasteiger partial charge in [0.1, 0.15) is 23.7 Å². The van der Waals surface area contributed by atoms with Crippen LogP contribution in [0.4, 0.5) is 10.5 Å². The number of carbonyl (C=O) groups excluding carboxylic acids is 3. The van der Waals surface area contributed by atoms with Gasteiger partial charge in [-0.3, -0.25) is 14.5 Å². The van der Waals surface area contributed by atoms with E-state index >= 15 is 0 Å². The predicted molar refractivity (Wildman–Crippen MR) is 132 cm³/mol. The summed E-state index contributed by atoms with van der Waals surface area (Å²) in [6.45, 7) is 2.09. The molecule has 0 saturated carbocycles. The molecule has 5 rings (SSSR count). The number of aryl methyl sites for hydroxylation is 1. The molecular formula is C26H28N6O4. The first-order chi connectivity index (χ1) is 17.4. The zero-order valence-corrected chi connectivity index (χ0v) is 20.3. The summed E-state index contributed by atoms with van der Waals surface area (Å²) in [6, 6.07) is 13.6. The molecule has 2 aromatic carbocycles. The summed E-state index contributed by atoms with van der Waals surface area (Å²) >= 11 is 0. The molecule has 1 aromatic heterocycles. The topological polar surface area (TPSA) is 118 Å². The molecule has 2 N–H and O–H groups in total. The van der Waals surface area contributed by atoms with Crippen molar-refractivity contribution < 1.29 is 19.1 Å². The Hall–Kier alpha value is -4.21. The summed E-state index contributed by atoms with van der Waals surface area (Å²) in [5.41, 5.74) is 0.725. The minimum Gasteiger partial charge on any atom is -0.497 e. The van der Waals surface area contributed by atoms with Crippen LogP contribution in [-0.2, 0) is 28.1 Å². The largest absolute Gasteiger partial charge is 0.497 e. The number of amides is 4. The maximum atomic E-state index is 13.2. The van der Waals surface area contributed by atoms with Crippen molar-refractivity contribution in [2.24, 2.45) is 0 Å². The van der Waals surface area contributed by atoms with Crippen molar-refractivity contribution in [1.29, 1.82) is 0 Å². The van der Waals surface area contributed by atoms with Crippen LogP contribution in [0.1, 0.15) is 37.6 Å². The summed E-state index contributed by atoms with van der Waals surface area (Å²) in [5.74, 6) is 1.42. The Morgan fingerprint density at radius 3 is 2.69 bits per heavy atom. The van der Waals surface area contributed by atoms with Crippen LogP contribution in [0.5, 0.6) is 5.75 Å². The van der Waals surface area contributed by atoms with Gasteiger partial charge in [0, 0.05) is 24.2 Å². The molecular weight excluding hydrogens is 460 g/mol. The normalized spacial score (nSPS) is 19.4. The van der Waals surface area contributed by atoms with Gasteiger partial charge < -0.3 is 19.9 Å². The quantitative estimate of drug-likeness (QED) is 0.515. The van der Waals surface area contributed by atoms with E-state index in [-0.39, 0.29) is 0 Å². The molecule has 4 amide bonds. The van der Waals surface area contributed by atoms with Gasteiger partial charge in [0.2, 0.25) is 5.91 Å². The molecule has 3 heterocycles. The van der Waals surface area contributed by atoms with Crippen LogP contribution in [0.2, 0.25) is 0 Å². The third-order valence-electron chi connectivity index (χ3n) is 6.76. The fourth-order valence-electron chi connectivity index (χ4n) is 4.74. The molecule has 2 aliphatic heterocycles. The lowest BCUT2D eigenvalue weighted by molar-refractivity contribution is -0.133. The summed E-state index contributed by atoms with van der Waals surface area (Å²) in [7, 11) is 1.55. The molecule has 0 spiro atoms. The second-order valence-corrected chi connectivity index (χ2v) is 9.21. The Labute approximate surface area is 208 Å². The number of hydrogen-bond acceptors (Lipinski definition) is 6. The van der Waals surface area contributed by atoms with Gasteiger partial charge in [0.25, 0.3) is 5.91 Å². The lowest BCUT2D eigenvalue weighted by Crippen LogP contribution is -2.42. The molecule has 10 heteroatoms. The molecule has 186 valence electrons. The van der Waals surface area contributed by atoms with Crippen molar-refractivity contribution in [3.63, 3.8) is 0 Å². The Morgan fingerprint density at radius 2 is 1.92 bits per heavy atom. The highest BCUT2D eigenvalue weighted by atomic mass is 16.5. The minimum atomic E-state index is -1.27. The average molecular weight is 489 g/mol. The highest BCUT2D eigenvalue weighted by molar-refractivity contribution is 6.10. The third kappa shape index (κ3) is 4.30. The number of fused-ring (bicyclic) bond motifs is 1. The van der Waals surface area contributed by atoms with Gasteiger partial charge in [-0.25, -0.2) is 4.79 Å². The maximum Gasteiger partial charge on any atom is 0.325 e. The highest BCUT2D eigenvalue weighted by Crippen LogP contribution is 2.30. The number of carbonyl (C=O) groups is 3. The molecule has 36 heavy (non-hydrogen) atoms. The minimum absolute atomic E-state index is 0.402. The number of benzene rings is 2. The van der Waals surface area contributed by atoms with Crippen molar-refractivity contribution in [1.82, 2.24) is 25.0 Å². The van der Waals surface area contributed by atoms with E-state index in [1.807, 2.05) is 18.2 Å². The Kier molecular flexibility index (Phi) is 6.17. The van der Waals surface area contributed by atoms with E-state index in [9.17, 15) is 14.4 Å². The monoisotopic (exact) mass is 488 g/mol. The van der Waals surface area contributed by atoms with Crippen LogP contribution in [-0.4, -0.2) is 51.2 Å². The van der Waals surface area contributed by atoms with Crippen LogP contribution < -0.4 is 15.4 Å². The number of hydrogen-bond donors (Lipinski definition) is 2. The number of anilines is 1. The van der Waals surface area contributed by atoms with E-state index < -0.39 is 29.9 Å². The van der Waals surface area contributed by atoms with Gasteiger partial charge in [-0.15, -0.1) is 10.2 Å². The molecule has 1 atom stereocenters. The van der Waals surface area contributed by atoms with Crippen LogP contribution in [0.25, 0.3) is 11.4 Å². The number of aromatic nitrogens is 3. The van der Waals surface area contributed by atoms with Crippen molar-refractivity contribution in [2.75, 3.05) is 19.0 Å². The fraction of sp³-hybridized carbons (Fsp3) is 0.346. The molecule has 0 radical (unpaired) electrons. The van der Waals surface area contributed by atoms with Crippen LogP contribution in [0, 0.1) is 0 Å². The summed E-state index contributed by atoms with van der Waals surface area (Å²) in [4.78, 5) is 39.6. The van der Waals surface area contributed by atoms with Gasteiger partial charge >= 0.3 is 6.03 Å². The summed E-state index contributed by atoms with van der Waals surface area (Å²) in [5, 5.41) is 14.2. The number of rotatable bonds is 6. The number of nitrogens with zero attached hydrogens (tertiary/aromatic N) is 4. The van der Waals surface area contributed by atoms with E-state index in [4.69, 9.17) is 4.74 Å². The Morgan fingerprint density at radius 1 is 1.11 bits per heavy atom. The summed E-state index contributed by atoms with van der Waals surface area (Å²) in [6.07, 6.45) is 4.26. The van der Waals surface area contributed by atoms with E-state index in [1.165, 1.54) is 6.42 Å². The van der Waals surface area contributed by atoms with Crippen molar-refractivity contribution >= 4 is 23.5 Å². The van der Waals surface area contributed by atoms with Crippen LogP contribution >= 0.6 is 0 Å². The predicted octanol–water partition coefficient (Wildman–Crippen LogP) is 3.09. The van der Waals surface area contributed by atoms with E-state index in [1.54, 1.807) is 44.4 Å². The lowest BCUT2D eigenvalue weighted by atomic mass is 9.92. The molecule has 1 fully saturated rings. The summed E-state index contributed by atoms with van der Waals surface area (Å²) < 4.78 is 7.30. The van der Waals surface area contributed by atoms with E-state index in [0.29, 0.717) is 17.0 Å². The molecule has 2 aliphatic rings. The number of imide groups is 1. The maximum absolute atomic E-state index is 13.2. The van der Waals surface area contributed by atoms with Crippen LogP contribution in [0.3, 0.4) is 0 Å².